The molecule has 88 valence electrons. The summed E-state index contributed by atoms with van der Waals surface area (Å²) in [5.41, 5.74) is 0.897. The molecular weight excluding hydrogens is 284 g/mol. The van der Waals surface area contributed by atoms with Crippen molar-refractivity contribution in [2.24, 2.45) is 0 Å². The molecule has 6 heteroatoms. The molecule has 0 bridgehead atoms. The summed E-state index contributed by atoms with van der Waals surface area (Å²) in [6.45, 7) is 0.847. The standard InChI is InChI=1S/C10H10BrF2NO2/c1-6-4-7(11)2-3-8(6)14(10(15)16)5-9(12)13/h2-4,9H,5H2,1H3,(H,15,16). The molecule has 3 nitrogen and oxygen atoms in total. The van der Waals surface area contributed by atoms with Crippen molar-refractivity contribution in [2.75, 3.05) is 11.4 Å². The lowest BCUT2D eigenvalue weighted by Gasteiger charge is -2.20. The van der Waals surface area contributed by atoms with E-state index in [2.05, 4.69) is 15.9 Å². The molecule has 0 atom stereocenters. The summed E-state index contributed by atoms with van der Waals surface area (Å²) >= 11 is 3.22. The van der Waals surface area contributed by atoms with E-state index in [1.807, 2.05) is 0 Å². The Balaban J connectivity index is 3.06. The van der Waals surface area contributed by atoms with E-state index in [9.17, 15) is 13.6 Å². The van der Waals surface area contributed by atoms with Gasteiger partial charge in [0, 0.05) is 4.47 Å². The molecule has 1 N–H and O–H groups in total. The van der Waals surface area contributed by atoms with Crippen LogP contribution in [0.2, 0.25) is 0 Å². The van der Waals surface area contributed by atoms with Gasteiger partial charge in [0.25, 0.3) is 6.43 Å². The molecule has 16 heavy (non-hydrogen) atoms. The van der Waals surface area contributed by atoms with Crippen molar-refractivity contribution in [1.29, 1.82) is 0 Å². The van der Waals surface area contributed by atoms with Crippen LogP contribution in [-0.2, 0) is 0 Å². The summed E-state index contributed by atoms with van der Waals surface area (Å²) < 4.78 is 25.2. The Hall–Kier alpha value is -1.17. The Bertz CT molecular complexity index is 398. The maximum atomic E-state index is 12.2. The van der Waals surface area contributed by atoms with Crippen molar-refractivity contribution in [3.8, 4) is 0 Å². The van der Waals surface area contributed by atoms with E-state index in [0.29, 0.717) is 10.5 Å². The number of anilines is 1. The Morgan fingerprint density at radius 2 is 2.19 bits per heavy atom. The zero-order valence-electron chi connectivity index (χ0n) is 8.45. The highest BCUT2D eigenvalue weighted by atomic mass is 79.9. The maximum Gasteiger partial charge on any atom is 0.412 e. The molecule has 1 rings (SSSR count). The normalized spacial score (nSPS) is 10.6. The van der Waals surface area contributed by atoms with Gasteiger partial charge in [-0.3, -0.25) is 4.90 Å². The summed E-state index contributed by atoms with van der Waals surface area (Å²) in [4.78, 5) is 11.5. The SMILES string of the molecule is Cc1cc(Br)ccc1N(CC(F)F)C(=O)O. The van der Waals surface area contributed by atoms with Crippen LogP contribution in [0.15, 0.2) is 22.7 Å². The second-order valence-electron chi connectivity index (χ2n) is 3.22. The van der Waals surface area contributed by atoms with Gasteiger partial charge in [-0.2, -0.15) is 0 Å². The second-order valence-corrected chi connectivity index (χ2v) is 4.13. The van der Waals surface area contributed by atoms with Crippen LogP contribution < -0.4 is 4.90 Å². The van der Waals surface area contributed by atoms with E-state index in [1.54, 1.807) is 19.1 Å². The predicted molar refractivity (Wildman–Crippen MR) is 60.3 cm³/mol. The number of alkyl halides is 2. The van der Waals surface area contributed by atoms with Crippen molar-refractivity contribution in [3.05, 3.63) is 28.2 Å². The van der Waals surface area contributed by atoms with Crippen molar-refractivity contribution >= 4 is 27.7 Å². The molecule has 0 aliphatic carbocycles. The van der Waals surface area contributed by atoms with Gasteiger partial charge in [0.2, 0.25) is 0 Å². The van der Waals surface area contributed by atoms with Gasteiger partial charge in [-0.15, -0.1) is 0 Å². The Morgan fingerprint density at radius 3 is 2.62 bits per heavy atom. The average Bonchev–Trinajstić information content (AvgIpc) is 2.14. The lowest BCUT2D eigenvalue weighted by Crippen LogP contribution is -2.34. The molecule has 0 radical (unpaired) electrons. The molecule has 0 aromatic heterocycles. The number of carboxylic acid groups (broad SMARTS) is 1. The first-order valence-electron chi connectivity index (χ1n) is 4.46. The minimum absolute atomic E-state index is 0.274. The predicted octanol–water partition coefficient (Wildman–Crippen LogP) is 3.51. The molecule has 0 unspecified atom stereocenters. The highest BCUT2D eigenvalue weighted by Crippen LogP contribution is 2.24. The van der Waals surface area contributed by atoms with Gasteiger partial charge in [0.05, 0.1) is 12.2 Å². The first-order chi connectivity index (χ1) is 7.41. The molecule has 0 aliphatic rings. The molecular formula is C10H10BrF2NO2. The topological polar surface area (TPSA) is 40.5 Å². The van der Waals surface area contributed by atoms with Crippen LogP contribution >= 0.6 is 15.9 Å². The Morgan fingerprint density at radius 1 is 1.56 bits per heavy atom. The van der Waals surface area contributed by atoms with Crippen molar-refractivity contribution < 1.29 is 18.7 Å². The van der Waals surface area contributed by atoms with Crippen LogP contribution in [0.25, 0.3) is 0 Å². The third-order valence-corrected chi connectivity index (χ3v) is 2.49. The van der Waals surface area contributed by atoms with Gasteiger partial charge in [-0.25, -0.2) is 13.6 Å². The molecule has 0 saturated heterocycles. The molecule has 0 aliphatic heterocycles. The Labute approximate surface area is 99.8 Å². The first-order valence-corrected chi connectivity index (χ1v) is 5.26. The van der Waals surface area contributed by atoms with Gasteiger partial charge < -0.3 is 5.11 Å². The zero-order chi connectivity index (χ0) is 12.3. The quantitative estimate of drug-likeness (QED) is 0.926. The van der Waals surface area contributed by atoms with Crippen molar-refractivity contribution in [1.82, 2.24) is 0 Å². The highest BCUT2D eigenvalue weighted by molar-refractivity contribution is 9.10. The number of halogens is 3. The van der Waals surface area contributed by atoms with Gasteiger partial charge in [-0.1, -0.05) is 15.9 Å². The minimum Gasteiger partial charge on any atom is -0.465 e. The number of nitrogens with zero attached hydrogens (tertiary/aromatic N) is 1. The highest BCUT2D eigenvalue weighted by Gasteiger charge is 2.20. The summed E-state index contributed by atoms with van der Waals surface area (Å²) in [5.74, 6) is 0. The largest absolute Gasteiger partial charge is 0.465 e. The molecule has 1 aromatic carbocycles. The van der Waals surface area contributed by atoms with Gasteiger partial charge in [-0.05, 0) is 30.7 Å². The Kier molecular flexibility index (Phi) is 4.23. The molecule has 0 heterocycles. The van der Waals surface area contributed by atoms with Gasteiger partial charge >= 0.3 is 6.09 Å². The van der Waals surface area contributed by atoms with Crippen LogP contribution in [0, 0.1) is 6.92 Å². The van der Waals surface area contributed by atoms with Crippen LogP contribution in [0.3, 0.4) is 0 Å². The fourth-order valence-corrected chi connectivity index (χ4v) is 1.81. The average molecular weight is 294 g/mol. The fraction of sp³-hybridized carbons (Fsp3) is 0.300. The number of amides is 1. The number of rotatable bonds is 3. The maximum absolute atomic E-state index is 12.2. The smallest absolute Gasteiger partial charge is 0.412 e. The van der Waals surface area contributed by atoms with Crippen molar-refractivity contribution in [2.45, 2.75) is 13.3 Å². The molecule has 1 amide bonds. The van der Waals surface area contributed by atoms with Gasteiger partial charge in [0.15, 0.2) is 0 Å². The second kappa shape index (κ2) is 5.25. The first kappa shape index (κ1) is 12.9. The third kappa shape index (κ3) is 3.16. The zero-order valence-corrected chi connectivity index (χ0v) is 10.0. The van der Waals surface area contributed by atoms with Crippen LogP contribution in [-0.4, -0.2) is 24.2 Å². The number of hydrogen-bond donors (Lipinski definition) is 1. The van der Waals surface area contributed by atoms with Gasteiger partial charge in [0.1, 0.15) is 0 Å². The molecule has 1 aromatic rings. The number of hydrogen-bond acceptors (Lipinski definition) is 1. The van der Waals surface area contributed by atoms with Crippen LogP contribution in [0.4, 0.5) is 19.3 Å². The minimum atomic E-state index is -2.70. The number of aryl methyl sites for hydroxylation is 1. The number of benzene rings is 1. The summed E-state index contributed by atoms with van der Waals surface area (Å²) in [5, 5.41) is 8.85. The van der Waals surface area contributed by atoms with Crippen LogP contribution in [0.1, 0.15) is 5.56 Å². The summed E-state index contributed by atoms with van der Waals surface area (Å²) in [7, 11) is 0. The number of carbonyl (C=O) groups is 1. The molecule has 0 fully saturated rings. The monoisotopic (exact) mass is 293 g/mol. The van der Waals surface area contributed by atoms with E-state index in [4.69, 9.17) is 5.11 Å². The lowest BCUT2D eigenvalue weighted by atomic mass is 10.2. The summed E-state index contributed by atoms with van der Waals surface area (Å²) in [6, 6.07) is 4.79. The van der Waals surface area contributed by atoms with E-state index >= 15 is 0 Å². The molecule has 0 saturated carbocycles. The van der Waals surface area contributed by atoms with E-state index in [0.717, 1.165) is 4.47 Å². The lowest BCUT2D eigenvalue weighted by molar-refractivity contribution is 0.148. The van der Waals surface area contributed by atoms with Crippen LogP contribution in [0.5, 0.6) is 0 Å². The van der Waals surface area contributed by atoms with E-state index < -0.39 is 19.1 Å². The fourth-order valence-electron chi connectivity index (χ4n) is 1.34. The van der Waals surface area contributed by atoms with E-state index in [1.165, 1.54) is 6.07 Å². The molecule has 0 spiro atoms. The summed E-state index contributed by atoms with van der Waals surface area (Å²) in [6.07, 6.45) is -4.08. The van der Waals surface area contributed by atoms with Crippen molar-refractivity contribution in [3.63, 3.8) is 0 Å². The third-order valence-electron chi connectivity index (χ3n) is 2.00. The van der Waals surface area contributed by atoms with E-state index in [-0.39, 0.29) is 5.69 Å².